The maximum atomic E-state index is 12.9. The molecule has 0 saturated carbocycles. The quantitative estimate of drug-likeness (QED) is 0.893. The zero-order chi connectivity index (χ0) is 15.5. The molecule has 1 fully saturated rings. The van der Waals surface area contributed by atoms with Gasteiger partial charge in [-0.2, -0.15) is 13.2 Å². The summed E-state index contributed by atoms with van der Waals surface area (Å²) in [5.74, 6) is -0.788. The lowest BCUT2D eigenvalue weighted by molar-refractivity contribution is -0.138. The fraction of sp³-hybridized carbons (Fsp3) is 0.462. The van der Waals surface area contributed by atoms with E-state index in [9.17, 15) is 18.0 Å². The molecular weight excluding hydrogens is 355 g/mol. The minimum atomic E-state index is -4.60. The summed E-state index contributed by atoms with van der Waals surface area (Å²) in [4.78, 5) is 11.9. The van der Waals surface area contributed by atoms with E-state index < -0.39 is 23.2 Å². The number of hydrogen-bond donors (Lipinski definition) is 1. The number of halogens is 4. The van der Waals surface area contributed by atoms with Crippen LogP contribution in [0.25, 0.3) is 0 Å². The van der Waals surface area contributed by atoms with Crippen molar-refractivity contribution in [3.05, 3.63) is 33.8 Å². The monoisotopic (exact) mass is 367 g/mol. The van der Waals surface area contributed by atoms with Crippen molar-refractivity contribution in [2.24, 2.45) is 0 Å². The zero-order valence-electron chi connectivity index (χ0n) is 10.9. The van der Waals surface area contributed by atoms with Crippen molar-refractivity contribution in [2.75, 3.05) is 26.4 Å². The summed E-state index contributed by atoms with van der Waals surface area (Å²) < 4.78 is 49.5. The maximum absolute atomic E-state index is 12.9. The molecule has 1 amide bonds. The molecule has 1 saturated heterocycles. The molecule has 2 rings (SSSR count). The Morgan fingerprint density at radius 1 is 1.38 bits per heavy atom. The Bertz CT molecular complexity index is 516. The summed E-state index contributed by atoms with van der Waals surface area (Å²) in [5, 5.41) is 2.44. The Balaban J connectivity index is 2.08. The number of ether oxygens (including phenoxy) is 2. The molecule has 0 radical (unpaired) electrons. The Morgan fingerprint density at radius 3 is 2.76 bits per heavy atom. The number of carbonyl (C=O) groups is 1. The van der Waals surface area contributed by atoms with Crippen LogP contribution in [0.2, 0.25) is 0 Å². The van der Waals surface area contributed by atoms with Crippen LogP contribution < -0.4 is 5.32 Å². The lowest BCUT2D eigenvalue weighted by Gasteiger charge is -2.23. The van der Waals surface area contributed by atoms with E-state index in [4.69, 9.17) is 9.47 Å². The van der Waals surface area contributed by atoms with Gasteiger partial charge in [-0.1, -0.05) is 15.9 Å². The molecule has 1 aliphatic heterocycles. The van der Waals surface area contributed by atoms with Crippen LogP contribution in [0.15, 0.2) is 22.7 Å². The van der Waals surface area contributed by atoms with Crippen molar-refractivity contribution < 1.29 is 27.4 Å². The van der Waals surface area contributed by atoms with Crippen LogP contribution in [0.4, 0.5) is 13.2 Å². The first-order chi connectivity index (χ1) is 9.88. The molecule has 1 aliphatic rings. The van der Waals surface area contributed by atoms with E-state index in [1.54, 1.807) is 0 Å². The van der Waals surface area contributed by atoms with Gasteiger partial charge in [-0.25, -0.2) is 0 Å². The van der Waals surface area contributed by atoms with Gasteiger partial charge in [0.25, 0.3) is 5.91 Å². The van der Waals surface area contributed by atoms with Gasteiger partial charge in [0.05, 0.1) is 37.1 Å². The van der Waals surface area contributed by atoms with Gasteiger partial charge in [0.2, 0.25) is 0 Å². The van der Waals surface area contributed by atoms with Crippen LogP contribution in [0.3, 0.4) is 0 Å². The molecule has 1 aromatic carbocycles. The lowest BCUT2D eigenvalue weighted by atomic mass is 10.1. The average Bonchev–Trinajstić information content (AvgIpc) is 2.45. The minimum Gasteiger partial charge on any atom is -0.376 e. The molecule has 1 heterocycles. The van der Waals surface area contributed by atoms with E-state index in [0.29, 0.717) is 19.8 Å². The van der Waals surface area contributed by atoms with E-state index in [-0.39, 0.29) is 17.1 Å². The third-order valence-electron chi connectivity index (χ3n) is 2.91. The molecule has 0 aliphatic carbocycles. The Labute approximate surface area is 127 Å². The Hall–Kier alpha value is -1.12. The van der Waals surface area contributed by atoms with Crippen LogP contribution in [0.1, 0.15) is 15.9 Å². The highest BCUT2D eigenvalue weighted by atomic mass is 79.9. The molecule has 21 heavy (non-hydrogen) atoms. The zero-order valence-corrected chi connectivity index (χ0v) is 12.5. The SMILES string of the molecule is O=C(NCC1COCCO1)c1ccc(Br)cc1C(F)(F)F. The topological polar surface area (TPSA) is 47.6 Å². The number of benzene rings is 1. The second-order valence-electron chi connectivity index (χ2n) is 4.47. The molecular formula is C13H13BrF3NO3. The molecule has 1 aromatic rings. The number of rotatable bonds is 3. The van der Waals surface area contributed by atoms with E-state index in [1.165, 1.54) is 6.07 Å². The predicted molar refractivity (Wildman–Crippen MR) is 72.0 cm³/mol. The highest BCUT2D eigenvalue weighted by molar-refractivity contribution is 9.10. The molecule has 1 N–H and O–H groups in total. The maximum Gasteiger partial charge on any atom is 0.417 e. The van der Waals surface area contributed by atoms with Crippen molar-refractivity contribution >= 4 is 21.8 Å². The largest absolute Gasteiger partial charge is 0.417 e. The first-order valence-corrected chi connectivity index (χ1v) is 7.01. The summed E-state index contributed by atoms with van der Waals surface area (Å²) in [6.07, 6.45) is -4.94. The van der Waals surface area contributed by atoms with Gasteiger partial charge in [0.1, 0.15) is 0 Å². The standard InChI is InChI=1S/C13H13BrF3NO3/c14-8-1-2-10(11(5-8)13(15,16)17)12(19)18-6-9-7-20-3-4-21-9/h1-2,5,9H,3-4,6-7H2,(H,18,19). The molecule has 1 atom stereocenters. The van der Waals surface area contributed by atoms with Crippen molar-refractivity contribution in [1.82, 2.24) is 5.32 Å². The summed E-state index contributed by atoms with van der Waals surface area (Å²) in [7, 11) is 0. The normalized spacial score (nSPS) is 19.3. The van der Waals surface area contributed by atoms with Gasteiger partial charge < -0.3 is 14.8 Å². The number of amides is 1. The van der Waals surface area contributed by atoms with Crippen molar-refractivity contribution in [1.29, 1.82) is 0 Å². The summed E-state index contributed by atoms with van der Waals surface area (Å²) in [6.45, 7) is 1.31. The van der Waals surface area contributed by atoms with Gasteiger partial charge in [0, 0.05) is 11.0 Å². The van der Waals surface area contributed by atoms with Crippen LogP contribution in [-0.2, 0) is 15.7 Å². The van der Waals surface area contributed by atoms with E-state index in [2.05, 4.69) is 21.2 Å². The second kappa shape index (κ2) is 6.76. The van der Waals surface area contributed by atoms with E-state index in [0.717, 1.165) is 12.1 Å². The predicted octanol–water partition coefficient (Wildman–Crippen LogP) is 2.61. The van der Waals surface area contributed by atoms with Gasteiger partial charge in [0.15, 0.2) is 0 Å². The van der Waals surface area contributed by atoms with Gasteiger partial charge in [-0.05, 0) is 18.2 Å². The molecule has 0 spiro atoms. The van der Waals surface area contributed by atoms with Gasteiger partial charge in [-0.15, -0.1) is 0 Å². The minimum absolute atomic E-state index is 0.103. The van der Waals surface area contributed by atoms with E-state index in [1.807, 2.05) is 0 Å². The molecule has 4 nitrogen and oxygen atoms in total. The van der Waals surface area contributed by atoms with Crippen LogP contribution in [-0.4, -0.2) is 38.4 Å². The number of nitrogens with one attached hydrogen (secondary N) is 1. The van der Waals surface area contributed by atoms with Gasteiger partial charge >= 0.3 is 6.18 Å². The average molecular weight is 368 g/mol. The number of hydrogen-bond acceptors (Lipinski definition) is 3. The van der Waals surface area contributed by atoms with Crippen LogP contribution in [0.5, 0.6) is 0 Å². The van der Waals surface area contributed by atoms with Gasteiger partial charge in [-0.3, -0.25) is 4.79 Å². The fourth-order valence-electron chi connectivity index (χ4n) is 1.91. The highest BCUT2D eigenvalue weighted by Crippen LogP contribution is 2.33. The van der Waals surface area contributed by atoms with Crippen LogP contribution in [0, 0.1) is 0 Å². The first-order valence-electron chi connectivity index (χ1n) is 6.22. The molecule has 116 valence electrons. The molecule has 8 heteroatoms. The van der Waals surface area contributed by atoms with Crippen LogP contribution >= 0.6 is 15.9 Å². The Morgan fingerprint density at radius 2 is 2.14 bits per heavy atom. The van der Waals surface area contributed by atoms with E-state index >= 15 is 0 Å². The Kier molecular flexibility index (Phi) is 5.23. The summed E-state index contributed by atoms with van der Waals surface area (Å²) in [6, 6.07) is 3.42. The molecule has 0 bridgehead atoms. The third-order valence-corrected chi connectivity index (χ3v) is 3.40. The third kappa shape index (κ3) is 4.42. The number of alkyl halides is 3. The fourth-order valence-corrected chi connectivity index (χ4v) is 2.27. The smallest absolute Gasteiger partial charge is 0.376 e. The highest BCUT2D eigenvalue weighted by Gasteiger charge is 2.35. The summed E-state index contributed by atoms with van der Waals surface area (Å²) in [5.41, 5.74) is -1.39. The number of carbonyl (C=O) groups excluding carboxylic acids is 1. The van der Waals surface area contributed by atoms with Crippen molar-refractivity contribution in [3.63, 3.8) is 0 Å². The second-order valence-corrected chi connectivity index (χ2v) is 5.38. The molecule has 0 aromatic heterocycles. The summed E-state index contributed by atoms with van der Waals surface area (Å²) >= 11 is 2.97. The first kappa shape index (κ1) is 16.3. The van der Waals surface area contributed by atoms with Crippen molar-refractivity contribution in [2.45, 2.75) is 12.3 Å². The van der Waals surface area contributed by atoms with Crippen molar-refractivity contribution in [3.8, 4) is 0 Å². The lowest BCUT2D eigenvalue weighted by Crippen LogP contribution is -2.40. The molecule has 1 unspecified atom stereocenters.